The van der Waals surface area contributed by atoms with E-state index in [0.29, 0.717) is 11.3 Å². The minimum atomic E-state index is -0.307. The number of rotatable bonds is 10. The van der Waals surface area contributed by atoms with Crippen LogP contribution in [0.5, 0.6) is 0 Å². The van der Waals surface area contributed by atoms with Crippen LogP contribution >= 0.6 is 0 Å². The second-order valence-corrected chi connectivity index (χ2v) is 5.17. The molecule has 0 aliphatic heterocycles. The first-order valence-corrected chi connectivity index (χ1v) is 7.69. The van der Waals surface area contributed by atoms with Crippen molar-refractivity contribution in [1.82, 2.24) is 0 Å². The lowest BCUT2D eigenvalue weighted by Crippen LogP contribution is -2.04. The van der Waals surface area contributed by atoms with Crippen LogP contribution in [0, 0.1) is 0 Å². The van der Waals surface area contributed by atoms with Gasteiger partial charge in [-0.2, -0.15) is 0 Å². The van der Waals surface area contributed by atoms with Crippen LogP contribution in [0.3, 0.4) is 0 Å². The van der Waals surface area contributed by atoms with Gasteiger partial charge >= 0.3 is 5.97 Å². The third-order valence-electron chi connectivity index (χ3n) is 3.31. The molecule has 0 unspecified atom stereocenters. The number of hydrogen-bond acceptors (Lipinski definition) is 2. The number of esters is 1. The van der Waals surface area contributed by atoms with Crippen LogP contribution in [0.4, 0.5) is 0 Å². The standard InChI is InChI=1S/C18H26O2/c1-3-4-5-6-7-8-10-13-16(2)20-18(19)17-14-11-9-12-15-17/h9,11-12,14-15H,2-8,10,13H2,1H3. The molecule has 0 fully saturated rings. The van der Waals surface area contributed by atoms with Crippen LogP contribution in [-0.2, 0) is 4.74 Å². The Morgan fingerprint density at radius 2 is 1.60 bits per heavy atom. The first-order chi connectivity index (χ1) is 9.74. The van der Waals surface area contributed by atoms with E-state index >= 15 is 0 Å². The Morgan fingerprint density at radius 1 is 1.00 bits per heavy atom. The summed E-state index contributed by atoms with van der Waals surface area (Å²) in [6.45, 7) is 6.05. The lowest BCUT2D eigenvalue weighted by Gasteiger charge is -2.07. The summed E-state index contributed by atoms with van der Waals surface area (Å²) in [4.78, 5) is 11.8. The third-order valence-corrected chi connectivity index (χ3v) is 3.31. The summed E-state index contributed by atoms with van der Waals surface area (Å²) in [5, 5.41) is 0. The van der Waals surface area contributed by atoms with E-state index in [9.17, 15) is 4.79 Å². The number of allylic oxidation sites excluding steroid dienone is 1. The number of carbonyl (C=O) groups excluding carboxylic acids is 1. The molecule has 20 heavy (non-hydrogen) atoms. The Bertz CT molecular complexity index is 395. The van der Waals surface area contributed by atoms with E-state index < -0.39 is 0 Å². The molecule has 1 aromatic carbocycles. The maximum absolute atomic E-state index is 11.8. The van der Waals surface area contributed by atoms with Gasteiger partial charge in [-0.15, -0.1) is 0 Å². The van der Waals surface area contributed by atoms with Crippen LogP contribution in [0.2, 0.25) is 0 Å². The molecule has 0 aliphatic rings. The molecule has 1 rings (SSSR count). The fourth-order valence-electron chi connectivity index (χ4n) is 2.09. The van der Waals surface area contributed by atoms with Gasteiger partial charge in [0.2, 0.25) is 0 Å². The molecule has 2 nitrogen and oxygen atoms in total. The van der Waals surface area contributed by atoms with E-state index in [-0.39, 0.29) is 5.97 Å². The largest absolute Gasteiger partial charge is 0.428 e. The molecule has 0 atom stereocenters. The van der Waals surface area contributed by atoms with Crippen molar-refractivity contribution >= 4 is 5.97 Å². The molecule has 0 heterocycles. The zero-order chi connectivity index (χ0) is 14.6. The van der Waals surface area contributed by atoms with Crippen molar-refractivity contribution in [3.8, 4) is 0 Å². The molecule has 0 bridgehead atoms. The number of benzene rings is 1. The van der Waals surface area contributed by atoms with Crippen LogP contribution < -0.4 is 0 Å². The van der Waals surface area contributed by atoms with Crippen LogP contribution in [0.15, 0.2) is 42.7 Å². The molecule has 0 saturated heterocycles. The van der Waals surface area contributed by atoms with Crippen molar-refractivity contribution in [1.29, 1.82) is 0 Å². The van der Waals surface area contributed by atoms with Gasteiger partial charge in [-0.25, -0.2) is 4.79 Å². The molecule has 0 radical (unpaired) electrons. The molecule has 0 aliphatic carbocycles. The summed E-state index contributed by atoms with van der Waals surface area (Å²) in [6, 6.07) is 9.04. The van der Waals surface area contributed by atoms with Gasteiger partial charge in [0.15, 0.2) is 0 Å². The first-order valence-electron chi connectivity index (χ1n) is 7.69. The van der Waals surface area contributed by atoms with E-state index in [1.54, 1.807) is 12.1 Å². The number of carbonyl (C=O) groups is 1. The lowest BCUT2D eigenvalue weighted by molar-refractivity contribution is 0.0614. The van der Waals surface area contributed by atoms with Crippen LogP contribution in [-0.4, -0.2) is 5.97 Å². The molecule has 0 saturated carbocycles. The smallest absolute Gasteiger partial charge is 0.343 e. The highest BCUT2D eigenvalue weighted by molar-refractivity contribution is 5.89. The van der Waals surface area contributed by atoms with E-state index in [1.807, 2.05) is 18.2 Å². The number of unbranched alkanes of at least 4 members (excludes halogenated alkanes) is 6. The number of hydrogen-bond donors (Lipinski definition) is 0. The highest BCUT2D eigenvalue weighted by Crippen LogP contribution is 2.13. The van der Waals surface area contributed by atoms with Gasteiger partial charge in [0, 0.05) is 6.42 Å². The van der Waals surface area contributed by atoms with Gasteiger partial charge in [-0.1, -0.05) is 70.2 Å². The van der Waals surface area contributed by atoms with E-state index in [4.69, 9.17) is 4.74 Å². The van der Waals surface area contributed by atoms with Crippen molar-refractivity contribution < 1.29 is 9.53 Å². The van der Waals surface area contributed by atoms with Crippen molar-refractivity contribution in [2.24, 2.45) is 0 Å². The minimum absolute atomic E-state index is 0.307. The fraction of sp³-hybridized carbons (Fsp3) is 0.500. The Kier molecular flexibility index (Phi) is 8.44. The van der Waals surface area contributed by atoms with Gasteiger partial charge in [-0.3, -0.25) is 0 Å². The predicted octanol–water partition coefficient (Wildman–Crippen LogP) is 5.50. The van der Waals surface area contributed by atoms with Crippen molar-refractivity contribution in [2.75, 3.05) is 0 Å². The Labute approximate surface area is 122 Å². The molecular weight excluding hydrogens is 248 g/mol. The molecular formula is C18H26O2. The van der Waals surface area contributed by atoms with E-state index in [0.717, 1.165) is 12.8 Å². The summed E-state index contributed by atoms with van der Waals surface area (Å²) < 4.78 is 5.25. The molecule has 0 spiro atoms. The van der Waals surface area contributed by atoms with Gasteiger partial charge in [0.05, 0.1) is 5.56 Å². The Morgan fingerprint density at radius 3 is 2.25 bits per heavy atom. The zero-order valence-electron chi connectivity index (χ0n) is 12.6. The first kappa shape index (κ1) is 16.5. The molecule has 0 N–H and O–H groups in total. The van der Waals surface area contributed by atoms with Crippen molar-refractivity contribution in [3.05, 3.63) is 48.2 Å². The molecule has 0 amide bonds. The molecule has 0 aromatic heterocycles. The highest BCUT2D eigenvalue weighted by atomic mass is 16.5. The third kappa shape index (κ3) is 7.13. The molecule has 110 valence electrons. The molecule has 1 aromatic rings. The number of ether oxygens (including phenoxy) is 1. The Balaban J connectivity index is 2.10. The summed E-state index contributed by atoms with van der Waals surface area (Å²) in [5.41, 5.74) is 0.577. The summed E-state index contributed by atoms with van der Waals surface area (Å²) in [5.74, 6) is 0.269. The summed E-state index contributed by atoms with van der Waals surface area (Å²) in [6.07, 6.45) is 9.53. The quantitative estimate of drug-likeness (QED) is 0.320. The maximum Gasteiger partial charge on any atom is 0.343 e. The van der Waals surface area contributed by atoms with Crippen molar-refractivity contribution in [2.45, 2.75) is 58.3 Å². The minimum Gasteiger partial charge on any atom is -0.428 e. The highest BCUT2D eigenvalue weighted by Gasteiger charge is 2.07. The molecule has 2 heteroatoms. The topological polar surface area (TPSA) is 26.3 Å². The van der Waals surface area contributed by atoms with Gasteiger partial charge in [-0.05, 0) is 18.6 Å². The Hall–Kier alpha value is -1.57. The maximum atomic E-state index is 11.8. The average molecular weight is 274 g/mol. The lowest BCUT2D eigenvalue weighted by atomic mass is 10.1. The van der Waals surface area contributed by atoms with E-state index in [1.165, 1.54) is 38.5 Å². The fourth-order valence-corrected chi connectivity index (χ4v) is 2.09. The van der Waals surface area contributed by atoms with Crippen LogP contribution in [0.1, 0.15) is 68.6 Å². The van der Waals surface area contributed by atoms with Gasteiger partial charge in [0.1, 0.15) is 5.76 Å². The second kappa shape index (κ2) is 10.2. The monoisotopic (exact) mass is 274 g/mol. The summed E-state index contributed by atoms with van der Waals surface area (Å²) >= 11 is 0. The van der Waals surface area contributed by atoms with Gasteiger partial charge < -0.3 is 4.74 Å². The normalized spacial score (nSPS) is 10.2. The SMILES string of the molecule is C=C(CCCCCCCCC)OC(=O)c1ccccc1. The predicted molar refractivity (Wildman–Crippen MR) is 83.6 cm³/mol. The average Bonchev–Trinajstić information content (AvgIpc) is 2.47. The van der Waals surface area contributed by atoms with Crippen molar-refractivity contribution in [3.63, 3.8) is 0 Å². The van der Waals surface area contributed by atoms with Crippen LogP contribution in [0.25, 0.3) is 0 Å². The second-order valence-electron chi connectivity index (χ2n) is 5.17. The van der Waals surface area contributed by atoms with E-state index in [2.05, 4.69) is 13.5 Å². The summed E-state index contributed by atoms with van der Waals surface area (Å²) in [7, 11) is 0. The van der Waals surface area contributed by atoms with Gasteiger partial charge in [0.25, 0.3) is 0 Å². The zero-order valence-corrected chi connectivity index (χ0v) is 12.6.